The van der Waals surface area contributed by atoms with E-state index in [-0.39, 0.29) is 151 Å². The lowest BCUT2D eigenvalue weighted by molar-refractivity contribution is -0.193. The van der Waals surface area contributed by atoms with Crippen LogP contribution in [-0.2, 0) is 94.3 Å². The van der Waals surface area contributed by atoms with E-state index in [1.54, 1.807) is 79.9 Å². The molecule has 0 saturated carbocycles. The highest BCUT2D eigenvalue weighted by Crippen LogP contribution is 2.41. The number of nitrogens with one attached hydrogen (secondary N) is 1. The van der Waals surface area contributed by atoms with Crippen LogP contribution in [0.2, 0.25) is 20.1 Å². The Balaban J connectivity index is -0.000000534. The molecule has 0 aliphatic carbocycles. The van der Waals surface area contributed by atoms with Gasteiger partial charge in [0.15, 0.2) is 23.0 Å². The Labute approximate surface area is 828 Å². The lowest BCUT2D eigenvalue weighted by Crippen LogP contribution is -2.44. The van der Waals surface area contributed by atoms with Crippen LogP contribution in [0.4, 0.5) is 61.4 Å². The summed E-state index contributed by atoms with van der Waals surface area (Å²) in [5.74, 6) is -1.82. The third-order valence-electron chi connectivity index (χ3n) is 14.6. The number of nitrogens with zero attached hydrogens (tertiary/aromatic N) is 8. The van der Waals surface area contributed by atoms with Gasteiger partial charge in [0.2, 0.25) is 17.6 Å². The summed E-state index contributed by atoms with van der Waals surface area (Å²) in [5, 5.41) is 10.8. The fraction of sp³-hybridized carbons (Fsp3) is 0.322. The van der Waals surface area contributed by atoms with E-state index in [9.17, 15) is 82.1 Å². The maximum Gasteiger partial charge on any atom is 0.450 e. The summed E-state index contributed by atoms with van der Waals surface area (Å²) in [6.07, 6.45) is -5.11. The first-order valence-electron chi connectivity index (χ1n) is 38.3. The highest BCUT2D eigenvalue weighted by Gasteiger charge is 2.44. The Morgan fingerprint density at radius 2 is 0.852 bits per heavy atom. The van der Waals surface area contributed by atoms with Crippen molar-refractivity contribution in [2.45, 2.75) is 135 Å². The number of esters is 1. The smallest absolute Gasteiger partial charge is 0.450 e. The van der Waals surface area contributed by atoms with Gasteiger partial charge in [-0.05, 0) is 137 Å². The second kappa shape index (κ2) is 69.5. The van der Waals surface area contributed by atoms with Crippen molar-refractivity contribution >= 4 is 154 Å². The maximum absolute atomic E-state index is 13.1. The molecule has 0 saturated heterocycles. The molecule has 772 valence electrons. The molecule has 0 unspecified atom stereocenters. The number of aromatic nitrogens is 6. The number of carbonyl (C=O) groups excluding carboxylic acids is 14. The number of hydrogen-bond acceptors (Lipinski definition) is 33. The number of alkyl halides is 9. The van der Waals surface area contributed by atoms with Gasteiger partial charge in [0.1, 0.15) is 56.2 Å². The number of hydrogen-bond donors (Lipinski definition) is 4. The average molecular weight is 2110 g/mol. The molecule has 4 aromatic carbocycles. The molecule has 0 fully saturated rings. The normalized spacial score (nSPS) is 10.8. The Bertz CT molecular complexity index is 5850. The first-order valence-corrected chi connectivity index (χ1v) is 42.5. The Hall–Kier alpha value is -14.3. The van der Waals surface area contributed by atoms with Crippen LogP contribution in [0.3, 0.4) is 0 Å². The third-order valence-corrected chi connectivity index (χ3v) is 16.3. The van der Waals surface area contributed by atoms with Gasteiger partial charge in [-0.3, -0.25) is 33.3 Å². The molecule has 5 aromatic heterocycles. The molecule has 4 radical (unpaired) electrons. The zero-order valence-corrected chi connectivity index (χ0v) is 77.3. The number of aliphatic imine (C=N–C) groups is 1. The van der Waals surface area contributed by atoms with Crippen molar-refractivity contribution in [2.24, 2.45) is 12.0 Å². The highest BCUT2D eigenvalue weighted by molar-refractivity contribution is 8.09. The van der Waals surface area contributed by atoms with Crippen molar-refractivity contribution in [2.75, 3.05) is 61.5 Å². The number of anilines is 3. The lowest BCUT2D eigenvalue weighted by Gasteiger charge is -2.24. The number of ether oxygens (including phenoxy) is 9. The summed E-state index contributed by atoms with van der Waals surface area (Å²) in [4.78, 5) is 177. The van der Waals surface area contributed by atoms with Crippen LogP contribution in [0.15, 0.2) is 167 Å². The van der Waals surface area contributed by atoms with E-state index in [1.807, 2.05) is 27.7 Å². The van der Waals surface area contributed by atoms with Gasteiger partial charge in [-0.15, -0.1) is 4.33 Å². The van der Waals surface area contributed by atoms with Crippen molar-refractivity contribution in [3.8, 4) is 75.2 Å². The second-order valence-corrected chi connectivity index (χ2v) is 30.9. The zero-order chi connectivity index (χ0) is 105. The minimum atomic E-state index is -5.07. The van der Waals surface area contributed by atoms with E-state index in [2.05, 4.69) is 54.8 Å². The van der Waals surface area contributed by atoms with E-state index in [0.29, 0.717) is 81.2 Å². The highest BCUT2D eigenvalue weighted by atomic mass is 35.5. The molecule has 142 heavy (non-hydrogen) atoms. The summed E-state index contributed by atoms with van der Waals surface area (Å²) in [6.45, 7) is 13.0. The number of nitrogen functional groups attached to an aromatic ring is 1. The molecule has 1 aliphatic rings. The van der Waals surface area contributed by atoms with Crippen molar-refractivity contribution in [1.29, 1.82) is 0 Å². The molecule has 0 spiro atoms. The molecular weight excluding hydrogens is 2020 g/mol. The predicted molar refractivity (Wildman–Crippen MR) is 498 cm³/mol. The van der Waals surface area contributed by atoms with Gasteiger partial charge in [0.25, 0.3) is 29.1 Å². The molecule has 4 amide bonds. The van der Waals surface area contributed by atoms with Crippen molar-refractivity contribution < 1.29 is 168 Å². The number of halogens is 13. The van der Waals surface area contributed by atoms with Gasteiger partial charge < -0.3 is 58.2 Å². The van der Waals surface area contributed by atoms with E-state index >= 15 is 0 Å². The fourth-order valence-electron chi connectivity index (χ4n) is 9.15. The topological polar surface area (TPSA) is 538 Å². The molecule has 39 nitrogen and oxygen atoms in total. The SMILES string of the molecule is C.C.C.C.CCCOc1ncccc1Oc1cc(-n2c(=O)cc(C(F)(F)F)n(C)c2=O)ccc1Cl.CCCOc1ncccc1Oc1cc(N)ccc1Cl.CCCOc1ncccc1Oc1cc(N2C(=O)CC(C(F)(F)F)=NC2=O)ccc1Cl.CCCOc1ncccc1Oc1cc(NC(=O)CC(=O)C(F)(F)F)ccc1Cl.CCOC(=O)CC(C)=O.CS(C)(=O)(O)OO.O=C=O.O=C=O.O=C=O.O=C=O.[B][B]. The van der Waals surface area contributed by atoms with Gasteiger partial charge in [0, 0.05) is 102 Å². The van der Waals surface area contributed by atoms with Crippen LogP contribution in [0, 0.1) is 0 Å². The number of ketones is 2. The van der Waals surface area contributed by atoms with Crippen LogP contribution in [-0.4, -0.2) is 182 Å². The average Bonchev–Trinajstić information content (AvgIpc) is 0.772. The summed E-state index contributed by atoms with van der Waals surface area (Å²) >= 11 is 24.5. The zero-order valence-electron chi connectivity index (χ0n) is 73.5. The van der Waals surface area contributed by atoms with Gasteiger partial charge in [0.05, 0.1) is 77.3 Å². The van der Waals surface area contributed by atoms with Crippen LogP contribution < -0.4 is 65.1 Å². The third kappa shape index (κ3) is 51.5. The number of imide groups is 1. The first kappa shape index (κ1) is 136. The summed E-state index contributed by atoms with van der Waals surface area (Å²) in [5.41, 5.74) is 1.26. The van der Waals surface area contributed by atoms with Gasteiger partial charge in [-0.2, -0.15) is 82.9 Å². The number of pyridine rings is 4. The second-order valence-electron chi connectivity index (χ2n) is 25.8. The fourth-order valence-corrected chi connectivity index (χ4v) is 9.77. The number of rotatable bonds is 29. The number of carbonyl (C=O) groups is 6. The van der Waals surface area contributed by atoms with Gasteiger partial charge in [-0.25, -0.2) is 48.5 Å². The molecule has 55 heteroatoms. The molecule has 0 bridgehead atoms. The predicted octanol–water partition coefficient (Wildman–Crippen LogP) is 18.0. The molecule has 1 aliphatic heterocycles. The Morgan fingerprint density at radius 1 is 0.514 bits per heavy atom. The number of amides is 4. The molecule has 9 aromatic rings. The number of benzene rings is 4. The van der Waals surface area contributed by atoms with E-state index in [4.69, 9.17) is 138 Å². The molecular formula is C87H97B2Cl4F9N10O29S. The van der Waals surface area contributed by atoms with Crippen LogP contribution in [0.25, 0.3) is 5.69 Å². The monoisotopic (exact) mass is 2110 g/mol. The Kier molecular flexibility index (Phi) is 66.6. The minimum absolute atomic E-state index is 0. The summed E-state index contributed by atoms with van der Waals surface area (Å²) in [7, 11) is 4.87. The maximum atomic E-state index is 13.1. The minimum Gasteiger partial charge on any atom is -0.475 e. The molecule has 6 heterocycles. The first-order chi connectivity index (χ1) is 64.9. The Morgan fingerprint density at radius 3 is 1.18 bits per heavy atom. The van der Waals surface area contributed by atoms with Crippen LogP contribution >= 0.6 is 46.4 Å². The van der Waals surface area contributed by atoms with Crippen LogP contribution in [0.1, 0.15) is 122 Å². The molecule has 10 rings (SSSR count). The standard InChI is InChI=1S/C20H17ClF3N3O4.C19H15ClF3N3O4.C18H16ClF3N2O4.C14H15ClN2O2.C6H10O3.C2H8O4S.4CO2.4CH4.B2/c1-3-9-30-18-14(5-4-8-25-18)31-15-10-12(6-7-13(15)21)27-17(28)11-16(20(22,23)24)26(2)19(27)29;1-2-8-29-17-13(4-3-7-24-17)30-14-9-11(5-6-12(14)20)26-16(27)10-15(19(21,22)23)25-18(26)28;1-2-8-27-17-13(4-3-7-23-17)28-14-9-11(5-6-12(14)19)24-16(26)10-15(25)18(20,21)22;1-2-8-18-14-12(4-3-7-17-14)19-13-9-10(16)5-6-11(13)15;1-3-9-6(8)4-5(2)7;1-7(2,4,5)6-3;4*2-1-3;;;;;1-2/h4-8,10-11H,3,9H2,1-2H3;3-7,9H,2,8,10H2,1H3;3-7,9H,2,8,10H2,1H3,(H,24,26);3-7,9H,2,8,16H2,1H3;3-4H2,1-2H3;3H,1-2H3,(H,4,5);;;;;4*1H4;. The van der Waals surface area contributed by atoms with E-state index in [1.165, 1.54) is 80.1 Å². The lowest BCUT2D eigenvalue weighted by atomic mass is 9.81. The van der Waals surface area contributed by atoms with Crippen molar-refractivity contribution in [1.82, 2.24) is 29.1 Å². The molecule has 0 atom stereocenters. The van der Waals surface area contributed by atoms with Gasteiger partial charge >= 0.3 is 60.8 Å². The number of nitrogens with two attached hydrogens (primary N) is 1. The number of urea groups is 1. The van der Waals surface area contributed by atoms with Crippen molar-refractivity contribution in [3.63, 3.8) is 0 Å². The summed E-state index contributed by atoms with van der Waals surface area (Å²) in [6, 6.07) is 29.2. The number of Topliss-reactive ketones (excluding diaryl/α,β-unsaturated/α-hetero) is 2. The molecule has 5 N–H and O–H groups in total. The van der Waals surface area contributed by atoms with E-state index < -0.39 is 93.3 Å². The van der Waals surface area contributed by atoms with E-state index in [0.717, 1.165) is 45.2 Å². The largest absolute Gasteiger partial charge is 0.475 e. The quantitative estimate of drug-likeness (QED) is 0.00643. The summed E-state index contributed by atoms with van der Waals surface area (Å²) < 4.78 is 187. The van der Waals surface area contributed by atoms with Crippen LogP contribution in [0.5, 0.6) is 69.5 Å². The van der Waals surface area contributed by atoms with Gasteiger partial charge in [-0.1, -0.05) is 104 Å². The van der Waals surface area contributed by atoms with Crippen molar-refractivity contribution in [3.05, 3.63) is 199 Å².